The van der Waals surface area contributed by atoms with Gasteiger partial charge in [-0.15, -0.1) is 0 Å². The molecule has 3 aliphatic carbocycles. The van der Waals surface area contributed by atoms with Crippen molar-refractivity contribution in [3.05, 3.63) is 59.7 Å². The van der Waals surface area contributed by atoms with Crippen LogP contribution in [0.3, 0.4) is 0 Å². The summed E-state index contributed by atoms with van der Waals surface area (Å²) in [5.41, 5.74) is 3.41. The third-order valence-electron chi connectivity index (χ3n) is 18.3. The van der Waals surface area contributed by atoms with Crippen molar-refractivity contribution in [2.75, 3.05) is 21.7 Å². The minimum Gasteiger partial charge on any atom is -0.480 e. The average Bonchev–Trinajstić information content (AvgIpc) is 3.30. The lowest BCUT2D eigenvalue weighted by Crippen LogP contribution is -2.61. The zero-order valence-corrected chi connectivity index (χ0v) is 41.4. The number of carbonyl (C=O) groups excluding carboxylic acids is 2. The number of nitrogens with zero attached hydrogens (tertiary/aromatic N) is 4. The number of amides is 2. The van der Waals surface area contributed by atoms with Gasteiger partial charge >= 0.3 is 11.9 Å². The molecule has 4 heterocycles. The maximum absolute atomic E-state index is 15.7. The highest BCUT2D eigenvalue weighted by Crippen LogP contribution is 2.48. The summed E-state index contributed by atoms with van der Waals surface area (Å²) in [6.07, 6.45) is 30.3. The fraction of sp³-hybridized carbons (Fsp3) is 0.684. The number of benzene rings is 2. The highest BCUT2D eigenvalue weighted by Gasteiger charge is 2.48. The van der Waals surface area contributed by atoms with E-state index in [2.05, 4.69) is 22.0 Å². The molecule has 0 radical (unpaired) electrons. The Hall–Kier alpha value is -4.22. The summed E-state index contributed by atoms with van der Waals surface area (Å²) in [5.74, 6) is -0.319. The molecule has 4 aliphatic heterocycles. The summed E-state index contributed by atoms with van der Waals surface area (Å²) < 4.78 is 0. The third kappa shape index (κ3) is 10.7. The van der Waals surface area contributed by atoms with E-state index in [-0.39, 0.29) is 30.4 Å². The SMILES string of the molecule is CCC1CCCCCC(N2C3CCCC2CC(N(C(=O)C(C)c2ccc(C=CC(=O)O)c(N(C(C)=O)C4CC5CCCC(C4)N5C4CC5CCCC(C5)C4)c2)c2ccccc2NCC(=O)O)C3)C1. The fourth-order valence-electron chi connectivity index (χ4n) is 15.4. The second-order valence-electron chi connectivity index (χ2n) is 22.5. The Morgan fingerprint density at radius 2 is 1.24 bits per heavy atom. The van der Waals surface area contributed by atoms with E-state index in [1.165, 1.54) is 96.3 Å². The highest BCUT2D eigenvalue weighted by molar-refractivity contribution is 6.02. The molecule has 68 heavy (non-hydrogen) atoms. The lowest BCUT2D eigenvalue weighted by molar-refractivity contribution is -0.135. The van der Waals surface area contributed by atoms with Crippen LogP contribution in [0.25, 0.3) is 6.08 Å². The molecule has 7 aliphatic rings. The summed E-state index contributed by atoms with van der Waals surface area (Å²) in [7, 11) is 0. The van der Waals surface area contributed by atoms with Gasteiger partial charge in [-0.25, -0.2) is 4.79 Å². The number of carboxylic acid groups (broad SMARTS) is 2. The summed E-state index contributed by atoms with van der Waals surface area (Å²) in [6, 6.07) is 16.1. The van der Waals surface area contributed by atoms with E-state index >= 15 is 4.79 Å². The van der Waals surface area contributed by atoms with Crippen LogP contribution in [0.5, 0.6) is 0 Å². The van der Waals surface area contributed by atoms with Crippen LogP contribution < -0.4 is 15.1 Å². The largest absolute Gasteiger partial charge is 0.480 e. The number of para-hydroxylation sites is 2. The molecule has 9 unspecified atom stereocenters. The molecular weight excluding hydrogens is 851 g/mol. The number of aliphatic carboxylic acids is 2. The summed E-state index contributed by atoms with van der Waals surface area (Å²) in [4.78, 5) is 63.6. The molecule has 3 N–H and O–H groups in total. The lowest BCUT2D eigenvalue weighted by Gasteiger charge is -2.56. The maximum atomic E-state index is 15.7. The molecule has 3 saturated carbocycles. The van der Waals surface area contributed by atoms with E-state index < -0.39 is 17.9 Å². The second-order valence-corrected chi connectivity index (χ2v) is 22.5. The first-order chi connectivity index (χ1) is 32.9. The second kappa shape index (κ2) is 21.8. The molecule has 2 amide bonds. The number of carbonyl (C=O) groups is 4. The molecule has 7 fully saturated rings. The van der Waals surface area contributed by atoms with Gasteiger partial charge in [-0.3, -0.25) is 24.2 Å². The van der Waals surface area contributed by atoms with Crippen LogP contribution in [0.1, 0.15) is 185 Å². The van der Waals surface area contributed by atoms with E-state index in [1.54, 1.807) is 13.0 Å². The van der Waals surface area contributed by atoms with Crippen molar-refractivity contribution in [3.63, 3.8) is 0 Å². The topological polar surface area (TPSA) is 134 Å². The van der Waals surface area contributed by atoms with Crippen LogP contribution in [0.15, 0.2) is 48.5 Å². The molecule has 2 aromatic carbocycles. The number of fused-ring (bicyclic) bond motifs is 6. The molecule has 11 heteroatoms. The number of nitrogens with one attached hydrogen (secondary N) is 1. The van der Waals surface area contributed by atoms with Crippen LogP contribution in [-0.4, -0.2) is 98.6 Å². The van der Waals surface area contributed by atoms with Gasteiger partial charge in [0.2, 0.25) is 11.8 Å². The Labute approximate surface area is 406 Å². The molecule has 11 nitrogen and oxygen atoms in total. The van der Waals surface area contributed by atoms with E-state index in [9.17, 15) is 24.6 Å². The van der Waals surface area contributed by atoms with Crippen LogP contribution in [0.2, 0.25) is 0 Å². The van der Waals surface area contributed by atoms with E-state index in [0.29, 0.717) is 58.9 Å². The van der Waals surface area contributed by atoms with Crippen molar-refractivity contribution in [3.8, 4) is 0 Å². The summed E-state index contributed by atoms with van der Waals surface area (Å²) >= 11 is 0. The zero-order valence-electron chi connectivity index (χ0n) is 41.4. The third-order valence-corrected chi connectivity index (χ3v) is 18.3. The van der Waals surface area contributed by atoms with Crippen molar-refractivity contribution >= 4 is 46.9 Å². The summed E-state index contributed by atoms with van der Waals surface area (Å²) in [5, 5.41) is 22.7. The zero-order chi connectivity index (χ0) is 47.5. The van der Waals surface area contributed by atoms with Crippen molar-refractivity contribution in [2.24, 2.45) is 17.8 Å². The number of piperidine rings is 4. The minimum absolute atomic E-state index is 0.0425. The first kappa shape index (κ1) is 48.8. The van der Waals surface area contributed by atoms with Crippen molar-refractivity contribution in [1.29, 1.82) is 0 Å². The minimum atomic E-state index is -1.06. The lowest BCUT2D eigenvalue weighted by atomic mass is 9.68. The normalized spacial score (nSPS) is 32.6. The predicted molar refractivity (Wildman–Crippen MR) is 271 cm³/mol. The fourth-order valence-corrected chi connectivity index (χ4v) is 15.4. The molecule has 9 atom stereocenters. The van der Waals surface area contributed by atoms with Gasteiger partial charge in [0.1, 0.15) is 6.54 Å². The Morgan fingerprint density at radius 3 is 1.85 bits per heavy atom. The molecule has 4 saturated heterocycles. The van der Waals surface area contributed by atoms with Crippen LogP contribution in [-0.2, 0) is 19.2 Å². The van der Waals surface area contributed by atoms with Gasteiger partial charge in [-0.1, -0.05) is 95.4 Å². The smallest absolute Gasteiger partial charge is 0.328 e. The molecule has 9 rings (SSSR count). The van der Waals surface area contributed by atoms with E-state index in [1.807, 2.05) is 59.2 Å². The molecule has 6 bridgehead atoms. The Morgan fingerprint density at radius 1 is 0.662 bits per heavy atom. The Bertz CT molecular complexity index is 2100. The van der Waals surface area contributed by atoms with Gasteiger partial charge in [0.05, 0.1) is 23.0 Å². The predicted octanol–water partition coefficient (Wildman–Crippen LogP) is 11.3. The molecule has 370 valence electrons. The van der Waals surface area contributed by atoms with Gasteiger partial charge in [-0.05, 0) is 144 Å². The van der Waals surface area contributed by atoms with Gasteiger partial charge in [0, 0.05) is 61.3 Å². The molecule has 0 aromatic heterocycles. The van der Waals surface area contributed by atoms with E-state index in [0.717, 1.165) is 80.8 Å². The molecular formula is C57H81N5O6. The number of carboxylic acids is 2. The van der Waals surface area contributed by atoms with E-state index in [4.69, 9.17) is 0 Å². The van der Waals surface area contributed by atoms with Gasteiger partial charge in [0.15, 0.2) is 0 Å². The van der Waals surface area contributed by atoms with Crippen LogP contribution >= 0.6 is 0 Å². The number of rotatable bonds is 14. The van der Waals surface area contributed by atoms with Crippen molar-refractivity contribution in [1.82, 2.24) is 9.80 Å². The molecule has 2 aromatic rings. The first-order valence-corrected chi connectivity index (χ1v) is 27.2. The maximum Gasteiger partial charge on any atom is 0.328 e. The van der Waals surface area contributed by atoms with Gasteiger partial charge in [0.25, 0.3) is 0 Å². The van der Waals surface area contributed by atoms with Gasteiger partial charge < -0.3 is 25.3 Å². The number of anilines is 3. The Balaban J connectivity index is 1.03. The molecule has 0 spiro atoms. The van der Waals surface area contributed by atoms with Gasteiger partial charge in [-0.2, -0.15) is 0 Å². The monoisotopic (exact) mass is 932 g/mol. The van der Waals surface area contributed by atoms with Crippen molar-refractivity contribution in [2.45, 2.75) is 223 Å². The highest BCUT2D eigenvalue weighted by atomic mass is 16.4. The number of hydrogen-bond acceptors (Lipinski definition) is 7. The van der Waals surface area contributed by atoms with Crippen LogP contribution in [0.4, 0.5) is 17.1 Å². The quantitative estimate of drug-likeness (QED) is 0.158. The van der Waals surface area contributed by atoms with Crippen LogP contribution in [0, 0.1) is 17.8 Å². The standard InChI is InChI=1S/C57H81N5O6/c1-4-39-13-6-5-7-16-44(28-39)60-45-17-11-18-46(60)35-51(34-45)62(53-22-9-8-21-52(53)58-36-56(66)67)57(68)37(2)43-24-23-42(25-26-55(64)65)54(31-43)59(38(3)63)50-32-47-19-12-20-48(33-50)61(47)49-29-40-14-10-15-41(27-40)30-49/h8-9,21-26,31,37,39-41,44-51,58H,4-7,10-20,27-30,32-36H2,1-3H3,(H,64,65)(H,66,67). The summed E-state index contributed by atoms with van der Waals surface area (Å²) in [6.45, 7) is 5.69. The average molecular weight is 932 g/mol. The van der Waals surface area contributed by atoms with Crippen molar-refractivity contribution < 1.29 is 29.4 Å². The number of hydrogen-bond donors (Lipinski definition) is 3. The first-order valence-electron chi connectivity index (χ1n) is 27.2. The Kier molecular flexibility index (Phi) is 15.7.